The first-order valence-electron chi connectivity index (χ1n) is 4.56. The highest BCUT2D eigenvalue weighted by atomic mass is 79.9. The summed E-state index contributed by atoms with van der Waals surface area (Å²) in [5.41, 5.74) is 0. The smallest absolute Gasteiger partial charge is 0.143 e. The van der Waals surface area contributed by atoms with Crippen molar-refractivity contribution in [2.24, 2.45) is 0 Å². The number of carbonyl (C=O) groups is 1. The van der Waals surface area contributed by atoms with Crippen molar-refractivity contribution in [1.29, 1.82) is 0 Å². The molecule has 0 heterocycles. The first-order chi connectivity index (χ1) is 6.65. The number of hydrogen-bond acceptors (Lipinski definition) is 2. The second-order valence-corrected chi connectivity index (χ2v) is 5.15. The lowest BCUT2D eigenvalue weighted by Crippen LogP contribution is -2.11. The molecule has 0 saturated heterocycles. The highest BCUT2D eigenvalue weighted by Crippen LogP contribution is 2.31. The summed E-state index contributed by atoms with van der Waals surface area (Å²) >= 11 is 5.10. The zero-order valence-corrected chi connectivity index (χ0v) is 10.7. The number of hydrogen-bond donors (Lipinski definition) is 0. The Balaban J connectivity index is 2.77. The van der Waals surface area contributed by atoms with Crippen molar-refractivity contribution in [3.8, 4) is 0 Å². The fourth-order valence-electron chi connectivity index (χ4n) is 1.15. The lowest BCUT2D eigenvalue weighted by atomic mass is 10.2. The van der Waals surface area contributed by atoms with E-state index in [1.807, 2.05) is 31.2 Å². The normalized spacial score (nSPS) is 12.5. The molecule has 0 fully saturated rings. The number of Topliss-reactive ketones (excluding diaryl/α,β-unsaturated/α-hetero) is 1. The van der Waals surface area contributed by atoms with Crippen molar-refractivity contribution in [3.05, 3.63) is 28.7 Å². The molecule has 1 aromatic carbocycles. The van der Waals surface area contributed by atoms with Crippen LogP contribution in [0.1, 0.15) is 20.3 Å². The Bertz CT molecular complexity index is 325. The number of thioether (sulfide) groups is 1. The van der Waals surface area contributed by atoms with Crippen LogP contribution in [0.2, 0.25) is 0 Å². The van der Waals surface area contributed by atoms with Crippen molar-refractivity contribution in [1.82, 2.24) is 0 Å². The van der Waals surface area contributed by atoms with Gasteiger partial charge in [0.15, 0.2) is 0 Å². The fraction of sp³-hybridized carbons (Fsp3) is 0.364. The molecule has 1 nitrogen and oxygen atoms in total. The highest BCUT2D eigenvalue weighted by Gasteiger charge is 2.14. The van der Waals surface area contributed by atoms with Crippen LogP contribution in [0.4, 0.5) is 0 Å². The zero-order chi connectivity index (χ0) is 10.6. The molecule has 0 aromatic heterocycles. The molecule has 1 unspecified atom stereocenters. The molecule has 1 atom stereocenters. The fourth-order valence-corrected chi connectivity index (χ4v) is 2.69. The third kappa shape index (κ3) is 3.14. The summed E-state index contributed by atoms with van der Waals surface area (Å²) in [5, 5.41) is 0.0775. The summed E-state index contributed by atoms with van der Waals surface area (Å²) in [6.07, 6.45) is 0.876. The summed E-state index contributed by atoms with van der Waals surface area (Å²) in [4.78, 5) is 12.4. The molecular weight excluding hydrogens is 260 g/mol. The minimum absolute atomic E-state index is 0.0775. The number of carbonyl (C=O) groups excluding carboxylic acids is 1. The molecule has 14 heavy (non-hydrogen) atoms. The maximum Gasteiger partial charge on any atom is 0.143 e. The van der Waals surface area contributed by atoms with Crippen LogP contribution in [0.15, 0.2) is 33.6 Å². The van der Waals surface area contributed by atoms with Gasteiger partial charge in [-0.25, -0.2) is 0 Å². The number of benzene rings is 1. The van der Waals surface area contributed by atoms with Gasteiger partial charge in [0.25, 0.3) is 0 Å². The first kappa shape index (κ1) is 11.8. The van der Waals surface area contributed by atoms with Crippen LogP contribution in [0.5, 0.6) is 0 Å². The van der Waals surface area contributed by atoms with Gasteiger partial charge >= 0.3 is 0 Å². The Labute approximate surface area is 97.4 Å². The lowest BCUT2D eigenvalue weighted by molar-refractivity contribution is -0.116. The molecule has 1 rings (SSSR count). The van der Waals surface area contributed by atoms with E-state index in [0.29, 0.717) is 0 Å². The molecule has 0 aliphatic carbocycles. The number of halogens is 1. The van der Waals surface area contributed by atoms with Crippen LogP contribution in [0.25, 0.3) is 0 Å². The Morgan fingerprint density at radius 3 is 2.64 bits per heavy atom. The Morgan fingerprint density at radius 1 is 1.50 bits per heavy atom. The van der Waals surface area contributed by atoms with Gasteiger partial charge in [-0.1, -0.05) is 19.1 Å². The Kier molecular flexibility index (Phi) is 4.69. The molecule has 0 aliphatic heterocycles. The number of ketones is 1. The van der Waals surface area contributed by atoms with Crippen LogP contribution < -0.4 is 0 Å². The average molecular weight is 273 g/mol. The van der Waals surface area contributed by atoms with Crippen molar-refractivity contribution in [2.75, 3.05) is 0 Å². The molecule has 0 saturated carbocycles. The van der Waals surface area contributed by atoms with E-state index in [1.165, 1.54) is 0 Å². The standard InChI is InChI=1S/C11H13BrOS/c1-3-10(8(2)13)14-11-7-5-4-6-9(11)12/h4-7,10H,3H2,1-2H3. The van der Waals surface area contributed by atoms with E-state index in [1.54, 1.807) is 18.7 Å². The van der Waals surface area contributed by atoms with Crippen molar-refractivity contribution >= 4 is 33.5 Å². The first-order valence-corrected chi connectivity index (χ1v) is 6.24. The minimum Gasteiger partial charge on any atom is -0.299 e. The summed E-state index contributed by atoms with van der Waals surface area (Å²) in [6.45, 7) is 3.69. The summed E-state index contributed by atoms with van der Waals surface area (Å²) in [6, 6.07) is 7.98. The van der Waals surface area contributed by atoms with Gasteiger partial charge in [0, 0.05) is 9.37 Å². The van der Waals surface area contributed by atoms with Gasteiger partial charge < -0.3 is 0 Å². The van der Waals surface area contributed by atoms with E-state index >= 15 is 0 Å². The maximum atomic E-state index is 11.3. The van der Waals surface area contributed by atoms with Gasteiger partial charge in [-0.2, -0.15) is 0 Å². The summed E-state index contributed by atoms with van der Waals surface area (Å²) in [5.74, 6) is 0.244. The quantitative estimate of drug-likeness (QED) is 0.774. The predicted molar refractivity (Wildman–Crippen MR) is 64.8 cm³/mol. The third-order valence-electron chi connectivity index (χ3n) is 1.93. The lowest BCUT2D eigenvalue weighted by Gasteiger charge is -2.11. The van der Waals surface area contributed by atoms with Crippen LogP contribution >= 0.6 is 27.7 Å². The molecule has 0 spiro atoms. The molecular formula is C11H13BrOS. The van der Waals surface area contributed by atoms with Gasteiger partial charge in [-0.15, -0.1) is 11.8 Å². The van der Waals surface area contributed by atoms with Gasteiger partial charge in [0.1, 0.15) is 5.78 Å². The van der Waals surface area contributed by atoms with Gasteiger partial charge in [0.05, 0.1) is 5.25 Å². The van der Waals surface area contributed by atoms with Crippen LogP contribution in [0.3, 0.4) is 0 Å². The molecule has 1 aromatic rings. The molecule has 0 N–H and O–H groups in total. The van der Waals surface area contributed by atoms with E-state index < -0.39 is 0 Å². The molecule has 3 heteroatoms. The molecule has 0 amide bonds. The summed E-state index contributed by atoms with van der Waals surface area (Å²) < 4.78 is 1.06. The molecule has 0 radical (unpaired) electrons. The average Bonchev–Trinajstić information content (AvgIpc) is 2.16. The Morgan fingerprint density at radius 2 is 2.14 bits per heavy atom. The van der Waals surface area contributed by atoms with Crippen molar-refractivity contribution < 1.29 is 4.79 Å². The molecule has 0 bridgehead atoms. The van der Waals surface area contributed by atoms with Gasteiger partial charge in [-0.05, 0) is 41.4 Å². The molecule has 0 aliphatic rings. The van der Waals surface area contributed by atoms with Gasteiger partial charge in [0.2, 0.25) is 0 Å². The Hall–Kier alpha value is -0.280. The van der Waals surface area contributed by atoms with Crippen molar-refractivity contribution in [3.63, 3.8) is 0 Å². The van der Waals surface area contributed by atoms with Crippen LogP contribution in [-0.4, -0.2) is 11.0 Å². The second-order valence-electron chi connectivity index (χ2n) is 3.06. The van der Waals surface area contributed by atoms with E-state index in [2.05, 4.69) is 15.9 Å². The van der Waals surface area contributed by atoms with E-state index in [9.17, 15) is 4.79 Å². The monoisotopic (exact) mass is 272 g/mol. The van der Waals surface area contributed by atoms with E-state index in [-0.39, 0.29) is 11.0 Å². The predicted octanol–water partition coefficient (Wildman–Crippen LogP) is 3.91. The highest BCUT2D eigenvalue weighted by molar-refractivity contribution is 9.10. The minimum atomic E-state index is 0.0775. The number of rotatable bonds is 4. The van der Waals surface area contributed by atoms with E-state index in [4.69, 9.17) is 0 Å². The topological polar surface area (TPSA) is 17.1 Å². The van der Waals surface area contributed by atoms with Crippen molar-refractivity contribution in [2.45, 2.75) is 30.4 Å². The largest absolute Gasteiger partial charge is 0.299 e. The van der Waals surface area contributed by atoms with Crippen LogP contribution in [-0.2, 0) is 4.79 Å². The van der Waals surface area contributed by atoms with E-state index in [0.717, 1.165) is 15.8 Å². The van der Waals surface area contributed by atoms with Crippen LogP contribution in [0, 0.1) is 0 Å². The third-order valence-corrected chi connectivity index (χ3v) is 4.44. The zero-order valence-electron chi connectivity index (χ0n) is 8.29. The second kappa shape index (κ2) is 5.56. The van der Waals surface area contributed by atoms with Gasteiger partial charge in [-0.3, -0.25) is 4.79 Å². The SMILES string of the molecule is CCC(Sc1ccccc1Br)C(C)=O. The molecule has 76 valence electrons. The maximum absolute atomic E-state index is 11.3. The summed E-state index contributed by atoms with van der Waals surface area (Å²) in [7, 11) is 0.